The Morgan fingerprint density at radius 3 is 2.54 bits per heavy atom. The van der Waals surface area contributed by atoms with Crippen molar-refractivity contribution < 1.29 is 13.5 Å². The van der Waals surface area contributed by atoms with Gasteiger partial charge < -0.3 is 14.5 Å². The van der Waals surface area contributed by atoms with E-state index in [-0.39, 0.29) is 12.4 Å². The van der Waals surface area contributed by atoms with Crippen LogP contribution in [0.4, 0.5) is 16.1 Å². The van der Waals surface area contributed by atoms with E-state index in [4.69, 9.17) is 9.15 Å². The average Bonchev–Trinajstić information content (AvgIpc) is 3.05. The first-order chi connectivity index (χ1) is 12.7. The summed E-state index contributed by atoms with van der Waals surface area (Å²) >= 11 is 0. The number of hydrogen-bond donors (Lipinski definition) is 1. The van der Waals surface area contributed by atoms with E-state index in [1.165, 1.54) is 6.07 Å². The summed E-state index contributed by atoms with van der Waals surface area (Å²) in [6.45, 7) is 0.253. The summed E-state index contributed by atoms with van der Waals surface area (Å²) in [5.74, 6) is -0.281. The number of oxazole rings is 1. The second-order valence-corrected chi connectivity index (χ2v) is 5.93. The van der Waals surface area contributed by atoms with Gasteiger partial charge in [-0.2, -0.15) is 4.98 Å². The normalized spacial score (nSPS) is 11.0. The van der Waals surface area contributed by atoms with Gasteiger partial charge in [0.2, 0.25) is 0 Å². The lowest BCUT2D eigenvalue weighted by Crippen LogP contribution is -1.93. The minimum Gasteiger partial charge on any atom is -0.423 e. The number of ether oxygens (including phenoxy) is 1. The first kappa shape index (κ1) is 16.3. The van der Waals surface area contributed by atoms with Crippen LogP contribution in [-0.2, 0) is 11.3 Å². The molecule has 4 aromatic rings. The highest BCUT2D eigenvalue weighted by Crippen LogP contribution is 2.28. The van der Waals surface area contributed by atoms with E-state index in [9.17, 15) is 4.39 Å². The fourth-order valence-electron chi connectivity index (χ4n) is 2.80. The van der Waals surface area contributed by atoms with E-state index < -0.39 is 0 Å². The number of fused-ring (bicyclic) bond motifs is 1. The molecule has 5 heteroatoms. The van der Waals surface area contributed by atoms with Gasteiger partial charge in [0, 0.05) is 18.4 Å². The quantitative estimate of drug-likeness (QED) is 0.515. The Kier molecular flexibility index (Phi) is 4.37. The molecule has 3 aromatic carbocycles. The Labute approximate surface area is 150 Å². The van der Waals surface area contributed by atoms with Crippen molar-refractivity contribution in [1.29, 1.82) is 0 Å². The molecule has 0 amide bonds. The topological polar surface area (TPSA) is 47.3 Å². The summed E-state index contributed by atoms with van der Waals surface area (Å²) in [6, 6.07) is 20.9. The Bertz CT molecular complexity index is 1040. The van der Waals surface area contributed by atoms with Crippen LogP contribution in [0.3, 0.4) is 0 Å². The monoisotopic (exact) mass is 348 g/mol. The van der Waals surface area contributed by atoms with E-state index in [0.717, 1.165) is 16.8 Å². The second kappa shape index (κ2) is 6.98. The molecule has 0 aliphatic heterocycles. The minimum absolute atomic E-state index is 0.253. The summed E-state index contributed by atoms with van der Waals surface area (Å²) in [6.07, 6.45) is 0. The maximum Gasteiger partial charge on any atom is 0.300 e. The summed E-state index contributed by atoms with van der Waals surface area (Å²) < 4.78 is 24.9. The molecule has 0 atom stereocenters. The zero-order chi connectivity index (χ0) is 17.9. The van der Waals surface area contributed by atoms with E-state index in [1.54, 1.807) is 13.2 Å². The van der Waals surface area contributed by atoms with Crippen molar-refractivity contribution in [2.24, 2.45) is 0 Å². The molecular weight excluding hydrogens is 331 g/mol. The van der Waals surface area contributed by atoms with Crippen molar-refractivity contribution in [1.82, 2.24) is 4.98 Å². The molecule has 0 unspecified atom stereocenters. The molecule has 0 saturated carbocycles. The number of hydrogen-bond acceptors (Lipinski definition) is 4. The predicted octanol–water partition coefficient (Wildman–Crippen LogP) is 5.52. The van der Waals surface area contributed by atoms with Gasteiger partial charge in [0.1, 0.15) is 11.3 Å². The van der Waals surface area contributed by atoms with Crippen molar-refractivity contribution in [3.05, 3.63) is 78.1 Å². The lowest BCUT2D eigenvalue weighted by Gasteiger charge is -2.05. The van der Waals surface area contributed by atoms with Gasteiger partial charge in [-0.05, 0) is 41.5 Å². The third kappa shape index (κ3) is 3.30. The zero-order valence-corrected chi connectivity index (χ0v) is 14.2. The molecule has 0 aliphatic rings. The molecule has 26 heavy (non-hydrogen) atoms. The molecule has 130 valence electrons. The van der Waals surface area contributed by atoms with Crippen molar-refractivity contribution >= 4 is 22.8 Å². The molecule has 4 nitrogen and oxygen atoms in total. The third-order valence-electron chi connectivity index (χ3n) is 4.10. The molecule has 0 aliphatic carbocycles. The molecule has 0 radical (unpaired) electrons. The van der Waals surface area contributed by atoms with Crippen molar-refractivity contribution in [3.8, 4) is 11.1 Å². The first-order valence-corrected chi connectivity index (χ1v) is 8.23. The van der Waals surface area contributed by atoms with Crippen LogP contribution in [0.2, 0.25) is 0 Å². The SMILES string of the molecule is COCc1ccc(-c2ccc3oc(Nc4ccccc4)nc3c2)cc1F. The maximum absolute atomic E-state index is 14.2. The van der Waals surface area contributed by atoms with Gasteiger partial charge >= 0.3 is 0 Å². The zero-order valence-electron chi connectivity index (χ0n) is 14.2. The summed E-state index contributed by atoms with van der Waals surface area (Å²) in [5.41, 5.74) is 4.47. The maximum atomic E-state index is 14.2. The molecule has 0 bridgehead atoms. The van der Waals surface area contributed by atoms with Crippen LogP contribution in [0.15, 0.2) is 71.1 Å². The van der Waals surface area contributed by atoms with Crippen molar-refractivity contribution in [2.75, 3.05) is 12.4 Å². The summed E-state index contributed by atoms with van der Waals surface area (Å²) in [4.78, 5) is 4.47. The van der Waals surface area contributed by atoms with E-state index in [2.05, 4.69) is 10.3 Å². The van der Waals surface area contributed by atoms with Crippen LogP contribution in [0.5, 0.6) is 0 Å². The fraction of sp³-hybridized carbons (Fsp3) is 0.0952. The van der Waals surface area contributed by atoms with Crippen LogP contribution in [0.1, 0.15) is 5.56 Å². The Hall–Kier alpha value is -3.18. The first-order valence-electron chi connectivity index (χ1n) is 8.23. The lowest BCUT2D eigenvalue weighted by atomic mass is 10.0. The van der Waals surface area contributed by atoms with Gasteiger partial charge in [-0.3, -0.25) is 0 Å². The number of anilines is 2. The number of halogens is 1. The molecule has 1 N–H and O–H groups in total. The van der Waals surface area contributed by atoms with Crippen molar-refractivity contribution in [3.63, 3.8) is 0 Å². The van der Waals surface area contributed by atoms with Gasteiger partial charge in [0.05, 0.1) is 6.61 Å². The number of aromatic nitrogens is 1. The number of rotatable bonds is 5. The van der Waals surface area contributed by atoms with Gasteiger partial charge in [-0.15, -0.1) is 0 Å². The van der Waals surface area contributed by atoms with Crippen LogP contribution in [0.25, 0.3) is 22.2 Å². The number of para-hydroxylation sites is 1. The van der Waals surface area contributed by atoms with Crippen LogP contribution in [0, 0.1) is 5.82 Å². The number of nitrogens with one attached hydrogen (secondary N) is 1. The highest BCUT2D eigenvalue weighted by molar-refractivity contribution is 5.82. The van der Waals surface area contributed by atoms with E-state index >= 15 is 0 Å². The molecular formula is C21H17FN2O2. The predicted molar refractivity (Wildman–Crippen MR) is 99.8 cm³/mol. The number of nitrogens with zero attached hydrogens (tertiary/aromatic N) is 1. The largest absolute Gasteiger partial charge is 0.423 e. The van der Waals surface area contributed by atoms with Gasteiger partial charge in [-0.25, -0.2) is 4.39 Å². The summed E-state index contributed by atoms with van der Waals surface area (Å²) in [5, 5.41) is 3.13. The third-order valence-corrected chi connectivity index (χ3v) is 4.10. The molecule has 0 spiro atoms. The van der Waals surface area contributed by atoms with Crippen molar-refractivity contribution in [2.45, 2.75) is 6.61 Å². The lowest BCUT2D eigenvalue weighted by molar-refractivity contribution is 0.181. The van der Waals surface area contributed by atoms with E-state index in [0.29, 0.717) is 22.7 Å². The standard InChI is InChI=1S/C21H17FN2O2/c1-25-13-16-8-7-14(11-18(16)22)15-9-10-20-19(12-15)24-21(26-20)23-17-5-3-2-4-6-17/h2-12H,13H2,1H3,(H,23,24). The molecule has 0 fully saturated rings. The Morgan fingerprint density at radius 2 is 1.77 bits per heavy atom. The highest BCUT2D eigenvalue weighted by Gasteiger charge is 2.10. The smallest absolute Gasteiger partial charge is 0.300 e. The fourth-order valence-corrected chi connectivity index (χ4v) is 2.80. The van der Waals surface area contributed by atoms with Gasteiger partial charge in [0.25, 0.3) is 6.01 Å². The number of benzene rings is 3. The summed E-state index contributed by atoms with van der Waals surface area (Å²) in [7, 11) is 1.55. The Morgan fingerprint density at radius 1 is 1.00 bits per heavy atom. The second-order valence-electron chi connectivity index (χ2n) is 5.93. The molecule has 1 aromatic heterocycles. The molecule has 1 heterocycles. The number of methoxy groups -OCH3 is 1. The van der Waals surface area contributed by atoms with Gasteiger partial charge in [0.15, 0.2) is 5.58 Å². The Balaban J connectivity index is 1.64. The van der Waals surface area contributed by atoms with E-state index in [1.807, 2.05) is 54.6 Å². The molecule has 0 saturated heterocycles. The van der Waals surface area contributed by atoms with Gasteiger partial charge in [-0.1, -0.05) is 36.4 Å². The van der Waals surface area contributed by atoms with Crippen LogP contribution in [-0.4, -0.2) is 12.1 Å². The molecule has 4 rings (SSSR count). The van der Waals surface area contributed by atoms with Crippen LogP contribution < -0.4 is 5.32 Å². The highest BCUT2D eigenvalue weighted by atomic mass is 19.1. The average molecular weight is 348 g/mol. The van der Waals surface area contributed by atoms with Crippen LogP contribution >= 0.6 is 0 Å². The minimum atomic E-state index is -0.281.